The fraction of sp³-hybridized carbons (Fsp3) is 0.733. The number of anilines is 1. The van der Waals surface area contributed by atoms with E-state index >= 15 is 0 Å². The Morgan fingerprint density at radius 1 is 1.25 bits per heavy atom. The highest BCUT2D eigenvalue weighted by molar-refractivity contribution is 5.39. The summed E-state index contributed by atoms with van der Waals surface area (Å²) >= 11 is 0. The summed E-state index contributed by atoms with van der Waals surface area (Å²) in [5.74, 6) is 1.65. The number of nitrogens with two attached hydrogens (primary N) is 1. The highest BCUT2D eigenvalue weighted by Crippen LogP contribution is 2.15. The van der Waals surface area contributed by atoms with E-state index in [1.807, 2.05) is 0 Å². The molecule has 1 aromatic heterocycles. The molecule has 112 valence electrons. The predicted molar refractivity (Wildman–Crippen MR) is 82.9 cm³/mol. The molecule has 0 aliphatic carbocycles. The van der Waals surface area contributed by atoms with E-state index in [0.29, 0.717) is 5.92 Å². The zero-order chi connectivity index (χ0) is 14.4. The van der Waals surface area contributed by atoms with Crippen LogP contribution in [0.2, 0.25) is 0 Å². The van der Waals surface area contributed by atoms with Crippen LogP contribution >= 0.6 is 0 Å². The van der Waals surface area contributed by atoms with Crippen LogP contribution in [0.15, 0.2) is 12.4 Å². The Hall–Kier alpha value is -1.20. The highest BCUT2D eigenvalue weighted by Gasteiger charge is 2.17. The van der Waals surface area contributed by atoms with Crippen molar-refractivity contribution in [2.75, 3.05) is 44.2 Å². The van der Waals surface area contributed by atoms with Crippen molar-refractivity contribution in [1.82, 2.24) is 14.9 Å². The Kier molecular flexibility index (Phi) is 5.73. The fourth-order valence-corrected chi connectivity index (χ4v) is 2.65. The van der Waals surface area contributed by atoms with Crippen LogP contribution < -0.4 is 10.6 Å². The molecule has 5 heteroatoms. The van der Waals surface area contributed by atoms with Gasteiger partial charge in [-0.15, -0.1) is 0 Å². The normalized spacial score (nSPS) is 18.9. The molecule has 1 saturated heterocycles. The average molecular weight is 277 g/mol. The van der Waals surface area contributed by atoms with E-state index < -0.39 is 0 Å². The van der Waals surface area contributed by atoms with Crippen LogP contribution in [-0.2, 0) is 6.42 Å². The monoisotopic (exact) mass is 277 g/mol. The Bertz CT molecular complexity index is 409. The zero-order valence-corrected chi connectivity index (χ0v) is 12.8. The molecule has 0 radical (unpaired) electrons. The third-order valence-electron chi connectivity index (χ3n) is 3.96. The smallest absolute Gasteiger partial charge is 0.132 e. The first-order valence-corrected chi connectivity index (χ1v) is 7.71. The summed E-state index contributed by atoms with van der Waals surface area (Å²) in [5.41, 5.74) is 6.84. The summed E-state index contributed by atoms with van der Waals surface area (Å²) < 4.78 is 0. The van der Waals surface area contributed by atoms with Gasteiger partial charge in [0.15, 0.2) is 0 Å². The van der Waals surface area contributed by atoms with Crippen molar-refractivity contribution in [3.05, 3.63) is 18.1 Å². The van der Waals surface area contributed by atoms with Gasteiger partial charge < -0.3 is 15.5 Å². The molecule has 2 heterocycles. The third-order valence-corrected chi connectivity index (χ3v) is 3.96. The molecule has 1 aliphatic heterocycles. The quantitative estimate of drug-likeness (QED) is 0.875. The van der Waals surface area contributed by atoms with Gasteiger partial charge in [-0.05, 0) is 31.8 Å². The largest absolute Gasteiger partial charge is 0.355 e. The van der Waals surface area contributed by atoms with Gasteiger partial charge in [0, 0.05) is 37.9 Å². The van der Waals surface area contributed by atoms with E-state index in [1.165, 1.54) is 6.42 Å². The van der Waals surface area contributed by atoms with Gasteiger partial charge in [-0.3, -0.25) is 0 Å². The van der Waals surface area contributed by atoms with Gasteiger partial charge in [-0.1, -0.05) is 13.8 Å². The molecule has 1 atom stereocenters. The lowest BCUT2D eigenvalue weighted by atomic mass is 10.1. The standard InChI is InChI=1S/C15H27N5/c1-3-14-9-15(18-12-17-14)20-6-4-5-19(7-8-20)11-13(2)10-16/h9,12-13H,3-8,10-11,16H2,1-2H3. The predicted octanol–water partition coefficient (Wildman–Crippen LogP) is 1.15. The van der Waals surface area contributed by atoms with E-state index in [4.69, 9.17) is 5.73 Å². The molecule has 0 spiro atoms. The van der Waals surface area contributed by atoms with E-state index in [-0.39, 0.29) is 0 Å². The molecule has 0 bridgehead atoms. The van der Waals surface area contributed by atoms with Crippen LogP contribution in [0, 0.1) is 5.92 Å². The van der Waals surface area contributed by atoms with Gasteiger partial charge >= 0.3 is 0 Å². The summed E-state index contributed by atoms with van der Waals surface area (Å²) in [6.07, 6.45) is 3.83. The maximum atomic E-state index is 5.72. The third kappa shape index (κ3) is 4.15. The second-order valence-corrected chi connectivity index (χ2v) is 5.70. The van der Waals surface area contributed by atoms with E-state index in [9.17, 15) is 0 Å². The zero-order valence-electron chi connectivity index (χ0n) is 12.8. The SMILES string of the molecule is CCc1cc(N2CCCN(CC(C)CN)CC2)ncn1. The molecule has 1 aliphatic rings. The molecule has 1 aromatic rings. The Labute approximate surface area is 122 Å². The minimum Gasteiger partial charge on any atom is -0.355 e. The minimum atomic E-state index is 0.576. The maximum absolute atomic E-state index is 5.72. The molecule has 1 fully saturated rings. The van der Waals surface area contributed by atoms with Crippen LogP contribution in [0.5, 0.6) is 0 Å². The molecule has 20 heavy (non-hydrogen) atoms. The molecule has 2 rings (SSSR count). The van der Waals surface area contributed by atoms with Crippen molar-refractivity contribution < 1.29 is 0 Å². The van der Waals surface area contributed by atoms with Gasteiger partial charge in [-0.25, -0.2) is 9.97 Å². The molecule has 5 nitrogen and oxygen atoms in total. The fourth-order valence-electron chi connectivity index (χ4n) is 2.65. The molecule has 1 unspecified atom stereocenters. The van der Waals surface area contributed by atoms with Gasteiger partial charge in [0.05, 0.1) is 0 Å². The van der Waals surface area contributed by atoms with Gasteiger partial charge in [0.1, 0.15) is 12.1 Å². The van der Waals surface area contributed by atoms with Gasteiger partial charge in [0.25, 0.3) is 0 Å². The second-order valence-electron chi connectivity index (χ2n) is 5.70. The van der Waals surface area contributed by atoms with Crippen molar-refractivity contribution in [2.24, 2.45) is 11.7 Å². The molecule has 0 saturated carbocycles. The Morgan fingerprint density at radius 3 is 2.85 bits per heavy atom. The summed E-state index contributed by atoms with van der Waals surface area (Å²) in [5, 5.41) is 0. The van der Waals surface area contributed by atoms with E-state index in [2.05, 4.69) is 39.7 Å². The van der Waals surface area contributed by atoms with Gasteiger partial charge in [0.2, 0.25) is 0 Å². The van der Waals surface area contributed by atoms with Crippen molar-refractivity contribution in [2.45, 2.75) is 26.7 Å². The number of hydrogen-bond donors (Lipinski definition) is 1. The Balaban J connectivity index is 1.94. The summed E-state index contributed by atoms with van der Waals surface area (Å²) in [7, 11) is 0. The highest BCUT2D eigenvalue weighted by atomic mass is 15.2. The van der Waals surface area contributed by atoms with Crippen molar-refractivity contribution >= 4 is 5.82 Å². The molecule has 2 N–H and O–H groups in total. The first-order chi connectivity index (χ1) is 9.72. The maximum Gasteiger partial charge on any atom is 0.132 e. The van der Waals surface area contributed by atoms with Crippen LogP contribution in [0.3, 0.4) is 0 Å². The number of rotatable bonds is 5. The average Bonchev–Trinajstić information content (AvgIpc) is 2.73. The van der Waals surface area contributed by atoms with Crippen molar-refractivity contribution in [3.8, 4) is 0 Å². The summed E-state index contributed by atoms with van der Waals surface area (Å²) in [6, 6.07) is 2.12. The van der Waals surface area contributed by atoms with Crippen LogP contribution in [-0.4, -0.2) is 54.1 Å². The number of aromatic nitrogens is 2. The van der Waals surface area contributed by atoms with E-state index in [1.54, 1.807) is 6.33 Å². The number of aryl methyl sites for hydroxylation is 1. The van der Waals surface area contributed by atoms with Gasteiger partial charge in [-0.2, -0.15) is 0 Å². The number of nitrogens with zero attached hydrogens (tertiary/aromatic N) is 4. The first-order valence-electron chi connectivity index (χ1n) is 7.71. The number of hydrogen-bond acceptors (Lipinski definition) is 5. The summed E-state index contributed by atoms with van der Waals surface area (Å²) in [4.78, 5) is 13.6. The molecule has 0 aromatic carbocycles. The molecular weight excluding hydrogens is 250 g/mol. The summed E-state index contributed by atoms with van der Waals surface area (Å²) in [6.45, 7) is 10.6. The molecule has 0 amide bonds. The minimum absolute atomic E-state index is 0.576. The lowest BCUT2D eigenvalue weighted by Crippen LogP contribution is -2.35. The lowest BCUT2D eigenvalue weighted by molar-refractivity contribution is 0.255. The molecular formula is C15H27N5. The van der Waals surface area contributed by atoms with Crippen LogP contribution in [0.4, 0.5) is 5.82 Å². The first kappa shape index (κ1) is 15.2. The van der Waals surface area contributed by atoms with Crippen molar-refractivity contribution in [1.29, 1.82) is 0 Å². The van der Waals surface area contributed by atoms with Crippen LogP contribution in [0.25, 0.3) is 0 Å². The van der Waals surface area contributed by atoms with E-state index in [0.717, 1.165) is 57.2 Å². The lowest BCUT2D eigenvalue weighted by Gasteiger charge is -2.24. The second kappa shape index (κ2) is 7.55. The van der Waals surface area contributed by atoms with Crippen molar-refractivity contribution in [3.63, 3.8) is 0 Å². The topological polar surface area (TPSA) is 58.3 Å². The Morgan fingerprint density at radius 2 is 2.10 bits per heavy atom. The van der Waals surface area contributed by atoms with Crippen LogP contribution in [0.1, 0.15) is 26.0 Å².